The number of fused-ring (bicyclic) bond motifs is 10. The van der Waals surface area contributed by atoms with E-state index in [2.05, 4.69) is 84.7 Å². The fraction of sp³-hybridized carbons (Fsp3) is 0.232. The molecule has 0 spiro atoms. The van der Waals surface area contributed by atoms with Gasteiger partial charge in [0.1, 0.15) is 48.9 Å². The van der Waals surface area contributed by atoms with Crippen LogP contribution in [0.25, 0.3) is 109 Å². The molecule has 0 radical (unpaired) electrons. The van der Waals surface area contributed by atoms with E-state index in [9.17, 15) is 13.6 Å². The van der Waals surface area contributed by atoms with Crippen molar-refractivity contribution in [3.63, 3.8) is 0 Å². The number of nitrogens with two attached hydrogens (primary N) is 6. The maximum atomic E-state index is 13.1. The molecule has 14 heterocycles. The first-order valence-electron chi connectivity index (χ1n) is 37.6. The molecule has 0 atom stereocenters. The average molecular weight is 1900 g/mol. The molecule has 1 amide bonds. The number of nitrogens with one attached hydrogen (secondary N) is 3. The Morgan fingerprint density at radius 1 is 0.459 bits per heavy atom. The number of hydrogen-bond donors (Lipinski definition) is 9. The van der Waals surface area contributed by atoms with Crippen LogP contribution in [0.2, 0.25) is 50.2 Å². The highest BCUT2D eigenvalue weighted by Crippen LogP contribution is 2.53. The minimum Gasteiger partial charge on any atom is -0.491 e. The molecular formula is C82H65Cl10F2N19O6S3. The molecule has 1 saturated carbocycles. The van der Waals surface area contributed by atoms with Crippen LogP contribution in [0.3, 0.4) is 0 Å². The number of aromatic nitrogens is 11. The number of amides is 1. The number of benzene rings is 5. The van der Waals surface area contributed by atoms with Crippen LogP contribution in [0.4, 0.5) is 38.5 Å². The number of ether oxygens (including phenoxy) is 5. The molecule has 0 unspecified atom stereocenters. The summed E-state index contributed by atoms with van der Waals surface area (Å²) in [5.74, 6) is 0.506. The summed E-state index contributed by atoms with van der Waals surface area (Å²) in [4.78, 5) is 63.0. The Morgan fingerprint density at radius 2 is 0.811 bits per heavy atom. The van der Waals surface area contributed by atoms with Gasteiger partial charge in [0.25, 0.3) is 11.8 Å². The summed E-state index contributed by atoms with van der Waals surface area (Å²) in [5, 5.41) is 12.9. The van der Waals surface area contributed by atoms with Gasteiger partial charge in [0.2, 0.25) is 29.7 Å². The van der Waals surface area contributed by atoms with E-state index >= 15 is 0 Å². The van der Waals surface area contributed by atoms with Crippen LogP contribution in [-0.4, -0.2) is 112 Å². The number of aromatic amines is 1. The summed E-state index contributed by atoms with van der Waals surface area (Å²) < 4.78 is 54.3. The zero-order valence-electron chi connectivity index (χ0n) is 63.7. The molecular weight excluding hydrogens is 1840 g/mol. The van der Waals surface area contributed by atoms with E-state index in [-0.39, 0.29) is 28.7 Å². The SMILES string of the molecule is C=C(N)c1cc2c(-c3c(Cl)cc(Cl)c4c3CCO4)nc(N)nc2s1.C=C(NC1CC1)c1cc2c(-c3c(Cl)cc(Cl)c4c3CCO4)nc(N)nc2s1.CC(F)(F)CNC(=O)c1cc2c(-c3c(Cl)cc(Cl)c4c3CCO4)nc(N)nc2s1.Nc1nc(-c2c(Cl)cc(Cl)c3c2CCO3)c2[nH]ccc2n1.Nc1nc2c(c(-c3c(Cl)cc(Cl)c4c3CCO4)n1)CCC2. The van der Waals surface area contributed by atoms with E-state index in [0.717, 1.165) is 176 Å². The van der Waals surface area contributed by atoms with E-state index in [1.54, 1.807) is 53.9 Å². The highest BCUT2D eigenvalue weighted by atomic mass is 35.5. The van der Waals surface area contributed by atoms with Crippen molar-refractivity contribution in [1.29, 1.82) is 0 Å². The Hall–Kier alpha value is -9.77. The van der Waals surface area contributed by atoms with Crippen LogP contribution in [0.1, 0.15) is 84.7 Å². The lowest BCUT2D eigenvalue weighted by molar-refractivity contribution is 0.0221. The van der Waals surface area contributed by atoms with Crippen molar-refractivity contribution in [3.05, 3.63) is 178 Å². The van der Waals surface area contributed by atoms with Crippen molar-refractivity contribution in [2.24, 2.45) is 5.73 Å². The summed E-state index contributed by atoms with van der Waals surface area (Å²) in [6, 6.07) is 16.2. The number of nitrogen functional groups attached to an aromatic ring is 5. The molecule has 5 aromatic carbocycles. The summed E-state index contributed by atoms with van der Waals surface area (Å²) in [6.45, 7) is 10.7. The number of rotatable bonds is 12. The van der Waals surface area contributed by atoms with Crippen LogP contribution in [0.15, 0.2) is 74.0 Å². The normalized spacial score (nSPS) is 14.2. The minimum atomic E-state index is -3.01. The van der Waals surface area contributed by atoms with Crippen molar-refractivity contribution < 1.29 is 37.3 Å². The molecule has 9 aromatic heterocycles. The number of carbonyl (C=O) groups excluding carboxylic acids is 1. The second-order valence-corrected chi connectivity index (χ2v) is 36.1. The Balaban J connectivity index is 0.000000109. The smallest absolute Gasteiger partial charge is 0.262 e. The van der Waals surface area contributed by atoms with Crippen LogP contribution in [0, 0.1) is 0 Å². The first-order chi connectivity index (χ1) is 58.4. The van der Waals surface area contributed by atoms with Crippen LogP contribution in [-0.2, 0) is 44.9 Å². The molecule has 15 N–H and O–H groups in total. The predicted octanol–water partition coefficient (Wildman–Crippen LogP) is 20.5. The largest absolute Gasteiger partial charge is 0.491 e. The third kappa shape index (κ3) is 16.6. The summed E-state index contributed by atoms with van der Waals surface area (Å²) >= 11 is 67.6. The Labute approximate surface area is 755 Å². The molecule has 40 heteroatoms. The predicted molar refractivity (Wildman–Crippen MR) is 487 cm³/mol. The number of nitrogens with zero attached hydrogens (tertiary/aromatic N) is 10. The van der Waals surface area contributed by atoms with Gasteiger partial charge in [0.05, 0.1) is 138 Å². The second-order valence-electron chi connectivity index (χ2n) is 28.9. The first kappa shape index (κ1) is 84.4. The molecule has 0 saturated heterocycles. The number of carbonyl (C=O) groups is 1. The molecule has 626 valence electrons. The summed E-state index contributed by atoms with van der Waals surface area (Å²) in [7, 11) is 0. The maximum Gasteiger partial charge on any atom is 0.262 e. The van der Waals surface area contributed by atoms with E-state index in [1.807, 2.05) is 12.1 Å². The van der Waals surface area contributed by atoms with Crippen molar-refractivity contribution in [2.75, 3.05) is 68.2 Å². The zero-order valence-corrected chi connectivity index (χ0v) is 73.7. The minimum absolute atomic E-state index is 0.0000756. The van der Waals surface area contributed by atoms with E-state index in [0.29, 0.717) is 175 Å². The number of halogens is 12. The lowest BCUT2D eigenvalue weighted by Crippen LogP contribution is -2.34. The van der Waals surface area contributed by atoms with Gasteiger partial charge in [0.15, 0.2) is 0 Å². The highest BCUT2D eigenvalue weighted by Gasteiger charge is 2.35. The zero-order chi connectivity index (χ0) is 85.8. The van der Waals surface area contributed by atoms with Crippen molar-refractivity contribution in [1.82, 2.24) is 65.5 Å². The Kier molecular flexibility index (Phi) is 23.6. The quantitative estimate of drug-likeness (QED) is 0.0548. The molecule has 7 aliphatic rings. The average Bonchev–Trinajstić information content (AvgIpc) is 1.57. The van der Waals surface area contributed by atoms with Crippen LogP contribution >= 0.6 is 150 Å². The highest BCUT2D eigenvalue weighted by molar-refractivity contribution is 7.21. The fourth-order valence-corrected chi connectivity index (χ4v) is 21.3. The molecule has 14 aromatic rings. The Bertz CT molecular complexity index is 6750. The van der Waals surface area contributed by atoms with Gasteiger partial charge in [-0.15, -0.1) is 34.0 Å². The third-order valence-corrected chi connectivity index (χ3v) is 26.7. The van der Waals surface area contributed by atoms with Gasteiger partial charge in [-0.05, 0) is 86.7 Å². The van der Waals surface area contributed by atoms with Crippen molar-refractivity contribution >= 4 is 239 Å². The van der Waals surface area contributed by atoms with Crippen molar-refractivity contribution in [3.8, 4) is 85.0 Å². The van der Waals surface area contributed by atoms with Gasteiger partial charge in [-0.3, -0.25) is 4.79 Å². The standard InChI is InChI=1S/C19H16Cl2N4OS.C18H14Cl2F2N4O2S.C16H12Cl2N4OS.C15H13Cl2N3O.C14H10Cl2N4O/c1-8(23-9-2-3-9)14-6-11-16(24-19(22)25-18(11)27-14)15-10-4-5-26-17(10)13(21)7-12(15)20;1-18(21,22)6-24-15(27)11-4-8-13(25-17(23)26-16(8)29-11)12-7-2-3-28-14(7)10(20)5-9(12)19;1-6(19)11-4-8-13(21-16(20)22-15(8)24-11)12-7-2-3-23-14(7)10(18)5-9(12)17;16-9-6-10(17)14-8(4-5-21-14)12(9)13-7-2-1-3-11(7)19-15(18)20-13;15-7-5-8(16)13-6(2-4-21-13)10(7)12-11-9(1-3-18-11)19-14(17)20-12/h6-7,9,23H,1-5H2,(H2,22,24,25);4-5H,2-3,6H2,1H3,(H,24,27)(H2,23,25,26);4-5H,1-3,19H2,(H2,20,21,22);6H,1-5H2,(H2,18,19,20);1,3,5,18H,2,4H2,(H2,17,19,20). The summed E-state index contributed by atoms with van der Waals surface area (Å²) in [5.41, 5.74) is 52.3. The molecule has 122 heavy (non-hydrogen) atoms. The maximum absolute atomic E-state index is 13.1. The van der Waals surface area contributed by atoms with Crippen molar-refractivity contribution in [2.45, 2.75) is 83.1 Å². The lowest BCUT2D eigenvalue weighted by atomic mass is 9.98. The van der Waals surface area contributed by atoms with E-state index < -0.39 is 18.4 Å². The van der Waals surface area contributed by atoms with Crippen LogP contribution in [0.5, 0.6) is 28.7 Å². The topological polar surface area (TPSA) is 388 Å². The van der Waals surface area contributed by atoms with Gasteiger partial charge < -0.3 is 73.7 Å². The number of anilines is 5. The number of thiophene rings is 3. The molecule has 0 bridgehead atoms. The van der Waals surface area contributed by atoms with Gasteiger partial charge in [-0.25, -0.2) is 58.6 Å². The number of hydrogen-bond acceptors (Lipinski definition) is 26. The first-order valence-corrected chi connectivity index (χ1v) is 43.9. The lowest BCUT2D eigenvalue weighted by Gasteiger charge is -2.14. The van der Waals surface area contributed by atoms with Gasteiger partial charge >= 0.3 is 0 Å². The molecule has 1 fully saturated rings. The second kappa shape index (κ2) is 34.0. The monoisotopic (exact) mass is 1900 g/mol. The van der Waals surface area contributed by atoms with Crippen LogP contribution < -0.4 is 68.7 Å². The van der Waals surface area contributed by atoms with Gasteiger partial charge in [-0.2, -0.15) is 0 Å². The fourth-order valence-electron chi connectivity index (χ4n) is 15.3. The molecule has 25 nitrogen and oxygen atoms in total. The van der Waals surface area contributed by atoms with Gasteiger partial charge in [-0.1, -0.05) is 129 Å². The molecule has 21 rings (SSSR count). The van der Waals surface area contributed by atoms with Gasteiger partial charge in [0, 0.05) is 146 Å². The number of aryl methyl sites for hydroxylation is 1. The molecule has 5 aliphatic heterocycles. The van der Waals surface area contributed by atoms with E-state index in [1.165, 1.54) is 24.2 Å². The summed E-state index contributed by atoms with van der Waals surface area (Å²) in [6.07, 6.45) is 10.7. The third-order valence-electron chi connectivity index (χ3n) is 20.6. The van der Waals surface area contributed by atoms with E-state index in [4.69, 9.17) is 174 Å². The number of alkyl halides is 2. The Morgan fingerprint density at radius 3 is 1.22 bits per heavy atom. The molecule has 2 aliphatic carbocycles. The number of H-pyrrole nitrogens is 1.